The Morgan fingerprint density at radius 2 is 2.11 bits per heavy atom. The van der Waals surface area contributed by atoms with Gasteiger partial charge in [0.1, 0.15) is 15.7 Å². The highest BCUT2D eigenvalue weighted by atomic mass is 35.5. The van der Waals surface area contributed by atoms with Crippen LogP contribution in [0.2, 0.25) is 4.34 Å². The summed E-state index contributed by atoms with van der Waals surface area (Å²) in [5, 5.41) is 18.1. The van der Waals surface area contributed by atoms with Gasteiger partial charge in [0, 0.05) is 24.6 Å². The zero-order chi connectivity index (χ0) is 24.7. The highest BCUT2D eigenvalue weighted by Crippen LogP contribution is 2.34. The lowest BCUT2D eigenvalue weighted by atomic mass is 9.88. The number of pyridine rings is 1. The first-order valence-corrected chi connectivity index (χ1v) is 12.6. The van der Waals surface area contributed by atoms with Crippen molar-refractivity contribution < 1.29 is 14.3 Å². The number of thiazole rings is 1. The average molecular weight is 518 g/mol. The maximum atomic E-state index is 13.6. The summed E-state index contributed by atoms with van der Waals surface area (Å²) in [5.74, 6) is 0.968. The highest BCUT2D eigenvalue weighted by molar-refractivity contribution is 7.17. The third kappa shape index (κ3) is 5.07. The van der Waals surface area contributed by atoms with Crippen LogP contribution in [-0.4, -0.2) is 52.5 Å². The number of hydrogen-bond donors (Lipinski definition) is 2. The number of halogens is 2. The van der Waals surface area contributed by atoms with Crippen molar-refractivity contribution in [3.8, 4) is 5.82 Å². The van der Waals surface area contributed by atoms with Crippen molar-refractivity contribution in [3.63, 3.8) is 0 Å². The van der Waals surface area contributed by atoms with Crippen molar-refractivity contribution >= 4 is 39.9 Å². The molecule has 1 aliphatic rings. The summed E-state index contributed by atoms with van der Waals surface area (Å²) in [6.45, 7) is 4.25. The van der Waals surface area contributed by atoms with Crippen molar-refractivity contribution in [2.24, 2.45) is 5.92 Å². The molecule has 1 saturated carbocycles. The van der Waals surface area contributed by atoms with E-state index in [4.69, 9.17) is 16.6 Å². The van der Waals surface area contributed by atoms with Gasteiger partial charge in [-0.3, -0.25) is 4.79 Å². The molecule has 1 amide bonds. The Balaban J connectivity index is 1.49. The fourth-order valence-corrected chi connectivity index (χ4v) is 5.52. The van der Waals surface area contributed by atoms with Crippen LogP contribution in [0.25, 0.3) is 16.9 Å². The van der Waals surface area contributed by atoms with Crippen molar-refractivity contribution in [1.29, 1.82) is 0 Å². The first kappa shape index (κ1) is 23.8. The molecular formula is C23H25ClFN7O2S. The summed E-state index contributed by atoms with van der Waals surface area (Å²) < 4.78 is 17.5. The Kier molecular flexibility index (Phi) is 6.56. The average Bonchev–Trinajstić information content (AvgIpc) is 3.50. The van der Waals surface area contributed by atoms with Crippen LogP contribution in [0.5, 0.6) is 0 Å². The molecule has 35 heavy (non-hydrogen) atoms. The first-order chi connectivity index (χ1) is 16.8. The van der Waals surface area contributed by atoms with E-state index in [2.05, 4.69) is 38.8 Å². The zero-order valence-electron chi connectivity index (χ0n) is 19.2. The molecule has 5 rings (SSSR count). The van der Waals surface area contributed by atoms with Crippen LogP contribution in [-0.2, 0) is 6.42 Å². The molecule has 0 aliphatic heterocycles. The molecule has 0 unspecified atom stereocenters. The summed E-state index contributed by atoms with van der Waals surface area (Å²) in [5.41, 5.74) is 1.55. The van der Waals surface area contributed by atoms with Gasteiger partial charge in [-0.25, -0.2) is 24.0 Å². The molecule has 0 spiro atoms. The predicted octanol–water partition coefficient (Wildman–Crippen LogP) is 3.95. The number of aliphatic hydroxyl groups excluding tert-OH is 1. The maximum Gasteiger partial charge on any atom is 0.280 e. The van der Waals surface area contributed by atoms with Gasteiger partial charge in [-0.15, -0.1) is 0 Å². The minimum absolute atomic E-state index is 0.104. The second kappa shape index (κ2) is 9.63. The van der Waals surface area contributed by atoms with E-state index < -0.39 is 11.9 Å². The Bertz CT molecular complexity index is 1370. The Labute approximate surface area is 210 Å². The number of nitrogens with one attached hydrogen (secondary N) is 1. The monoisotopic (exact) mass is 517 g/mol. The lowest BCUT2D eigenvalue weighted by molar-refractivity contribution is 0.0740. The molecule has 184 valence electrons. The van der Waals surface area contributed by atoms with Crippen molar-refractivity contribution in [1.82, 2.24) is 34.6 Å². The highest BCUT2D eigenvalue weighted by Gasteiger charge is 2.33. The number of carbonyl (C=O) groups excluding carboxylic acids is 1. The number of nitrogens with zero attached hydrogens (tertiary/aromatic N) is 6. The van der Waals surface area contributed by atoms with E-state index in [1.807, 2.05) is 6.07 Å². The second-order valence-corrected chi connectivity index (χ2v) is 10.9. The van der Waals surface area contributed by atoms with Crippen molar-refractivity contribution in [2.75, 3.05) is 0 Å². The fourth-order valence-electron chi connectivity index (χ4n) is 4.70. The molecule has 3 atom stereocenters. The first-order valence-electron chi connectivity index (χ1n) is 11.4. The molecule has 1 fully saturated rings. The van der Waals surface area contributed by atoms with Crippen LogP contribution in [0.4, 0.5) is 4.39 Å². The van der Waals surface area contributed by atoms with Crippen LogP contribution < -0.4 is 5.32 Å². The molecule has 12 heteroatoms. The molecule has 4 aromatic heterocycles. The maximum absolute atomic E-state index is 13.6. The topological polar surface area (TPSA) is 111 Å². The van der Waals surface area contributed by atoms with Gasteiger partial charge in [0.15, 0.2) is 16.6 Å². The fraction of sp³-hybridized carbons (Fsp3) is 0.435. The van der Waals surface area contributed by atoms with Gasteiger partial charge in [0.05, 0.1) is 36.4 Å². The van der Waals surface area contributed by atoms with Gasteiger partial charge >= 0.3 is 0 Å². The Hall–Kier alpha value is -2.89. The van der Waals surface area contributed by atoms with E-state index in [9.17, 15) is 14.3 Å². The molecule has 1 aliphatic carbocycles. The van der Waals surface area contributed by atoms with Crippen LogP contribution >= 0.6 is 22.9 Å². The number of fused-ring (bicyclic) bond motifs is 1. The standard InChI is InChI=1S/C23H25ClFN7O2S/c1-12(2)3-21-30-17-9-26-20(31-11-13(25)8-28-31)7-18(17)32(21)15-4-14(5-16(33)6-15)29-22(34)23-27-10-19(24)35-23/h7-12,14-16,33H,3-6H2,1-2H3,(H,29,34)/t14-,15+,16+/m1/s1. The predicted molar refractivity (Wildman–Crippen MR) is 130 cm³/mol. The second-order valence-electron chi connectivity index (χ2n) is 9.29. The van der Waals surface area contributed by atoms with E-state index in [0.29, 0.717) is 40.3 Å². The number of amides is 1. The van der Waals surface area contributed by atoms with Crippen molar-refractivity contribution in [2.45, 2.75) is 57.7 Å². The summed E-state index contributed by atoms with van der Waals surface area (Å²) in [6.07, 6.45) is 7.26. The Morgan fingerprint density at radius 1 is 1.29 bits per heavy atom. The summed E-state index contributed by atoms with van der Waals surface area (Å²) in [7, 11) is 0. The smallest absolute Gasteiger partial charge is 0.280 e. The van der Waals surface area contributed by atoms with Crippen molar-refractivity contribution in [3.05, 3.63) is 51.8 Å². The van der Waals surface area contributed by atoms with E-state index >= 15 is 0 Å². The van der Waals surface area contributed by atoms with Crippen LogP contribution in [0.3, 0.4) is 0 Å². The molecule has 0 aromatic carbocycles. The normalized spacial score (nSPS) is 20.6. The quantitative estimate of drug-likeness (QED) is 0.400. The number of aliphatic hydroxyl groups is 1. The molecule has 2 N–H and O–H groups in total. The number of hydrogen-bond acceptors (Lipinski definition) is 7. The van der Waals surface area contributed by atoms with E-state index in [1.54, 1.807) is 6.20 Å². The largest absolute Gasteiger partial charge is 0.393 e. The number of carbonyl (C=O) groups is 1. The summed E-state index contributed by atoms with van der Waals surface area (Å²) in [6, 6.07) is 1.49. The minimum Gasteiger partial charge on any atom is -0.393 e. The van der Waals surface area contributed by atoms with Gasteiger partial charge in [0.25, 0.3) is 5.91 Å². The third-order valence-electron chi connectivity index (χ3n) is 6.04. The van der Waals surface area contributed by atoms with Gasteiger partial charge in [0.2, 0.25) is 0 Å². The van der Waals surface area contributed by atoms with Gasteiger partial charge in [-0.2, -0.15) is 5.10 Å². The van der Waals surface area contributed by atoms with Gasteiger partial charge < -0.3 is 15.0 Å². The molecular weight excluding hydrogens is 493 g/mol. The number of rotatable bonds is 6. The van der Waals surface area contributed by atoms with Gasteiger partial charge in [-0.05, 0) is 25.2 Å². The minimum atomic E-state index is -0.593. The van der Waals surface area contributed by atoms with Crippen LogP contribution in [0, 0.1) is 11.7 Å². The third-order valence-corrected chi connectivity index (χ3v) is 7.15. The number of aromatic nitrogens is 6. The molecule has 4 aromatic rings. The van der Waals surface area contributed by atoms with E-state index in [-0.39, 0.29) is 18.0 Å². The van der Waals surface area contributed by atoms with E-state index in [1.165, 1.54) is 17.1 Å². The lowest BCUT2D eigenvalue weighted by Gasteiger charge is -2.34. The summed E-state index contributed by atoms with van der Waals surface area (Å²) >= 11 is 7.05. The summed E-state index contributed by atoms with van der Waals surface area (Å²) in [4.78, 5) is 26.0. The molecule has 9 nitrogen and oxygen atoms in total. The van der Waals surface area contributed by atoms with Gasteiger partial charge in [-0.1, -0.05) is 36.8 Å². The molecule has 0 radical (unpaired) electrons. The zero-order valence-corrected chi connectivity index (χ0v) is 20.8. The number of imidazole rings is 1. The molecule has 0 saturated heterocycles. The molecule has 4 heterocycles. The lowest BCUT2D eigenvalue weighted by Crippen LogP contribution is -2.43. The van der Waals surface area contributed by atoms with Crippen LogP contribution in [0.1, 0.15) is 54.8 Å². The van der Waals surface area contributed by atoms with Crippen LogP contribution in [0.15, 0.2) is 30.9 Å². The van der Waals surface area contributed by atoms with E-state index in [0.717, 1.165) is 40.8 Å². The SMILES string of the molecule is CC(C)Cc1nc2cnc(-n3cc(F)cn3)cc2n1[C@@H]1C[C@@H](O)C[C@H](NC(=O)c2ncc(Cl)s2)C1. The molecule has 0 bridgehead atoms. The Morgan fingerprint density at radius 3 is 2.80 bits per heavy atom.